The van der Waals surface area contributed by atoms with Gasteiger partial charge in [0.1, 0.15) is 5.01 Å². The minimum absolute atomic E-state index is 0.105. The van der Waals surface area contributed by atoms with Gasteiger partial charge in [0.25, 0.3) is 0 Å². The van der Waals surface area contributed by atoms with Crippen molar-refractivity contribution in [1.29, 1.82) is 0 Å². The zero-order chi connectivity index (χ0) is 14.2. The summed E-state index contributed by atoms with van der Waals surface area (Å²) in [7, 11) is 0. The van der Waals surface area contributed by atoms with Crippen LogP contribution in [0, 0.1) is 0 Å². The summed E-state index contributed by atoms with van der Waals surface area (Å²) in [5, 5.41) is 18.2. The highest BCUT2D eigenvalue weighted by Crippen LogP contribution is 2.37. The molecule has 0 aliphatic carbocycles. The molecule has 0 aliphatic rings. The van der Waals surface area contributed by atoms with E-state index in [0.29, 0.717) is 0 Å². The topological polar surface area (TPSA) is 53.4 Å². The molecule has 1 aromatic heterocycles. The Bertz CT molecular complexity index is 598. The molecule has 0 aliphatic heterocycles. The van der Waals surface area contributed by atoms with Gasteiger partial charge >= 0.3 is 6.18 Å². The van der Waals surface area contributed by atoms with E-state index in [1.807, 2.05) is 0 Å². The van der Waals surface area contributed by atoms with E-state index < -0.39 is 18.0 Å². The standard InChI is InChI=1S/C11H7ClF3NO2S/c12-7-2-1-5(11(13,14)15)3-6(7)9-16-4-8(19-9)10(17)18/h1-4,10,17-18H. The molecule has 2 aromatic rings. The highest BCUT2D eigenvalue weighted by molar-refractivity contribution is 7.15. The van der Waals surface area contributed by atoms with Crippen LogP contribution in [0.15, 0.2) is 24.4 Å². The van der Waals surface area contributed by atoms with Crippen LogP contribution in [0.25, 0.3) is 10.6 Å². The molecule has 0 amide bonds. The fourth-order valence-corrected chi connectivity index (χ4v) is 2.48. The lowest BCUT2D eigenvalue weighted by Crippen LogP contribution is -2.04. The molecule has 0 radical (unpaired) electrons. The third-order valence-corrected chi connectivity index (χ3v) is 3.70. The first-order valence-corrected chi connectivity index (χ1v) is 6.17. The quantitative estimate of drug-likeness (QED) is 0.835. The second-order valence-corrected chi connectivity index (χ2v) is 5.10. The number of hydrogen-bond donors (Lipinski definition) is 2. The van der Waals surface area contributed by atoms with Crippen molar-refractivity contribution in [1.82, 2.24) is 4.98 Å². The van der Waals surface area contributed by atoms with E-state index >= 15 is 0 Å². The first kappa shape index (κ1) is 14.3. The average Bonchev–Trinajstić information content (AvgIpc) is 2.77. The molecule has 1 heterocycles. The minimum Gasteiger partial charge on any atom is -0.364 e. The molecule has 0 fully saturated rings. The van der Waals surface area contributed by atoms with Crippen molar-refractivity contribution in [2.45, 2.75) is 12.5 Å². The minimum atomic E-state index is -4.48. The van der Waals surface area contributed by atoms with Gasteiger partial charge in [0.15, 0.2) is 6.29 Å². The van der Waals surface area contributed by atoms with E-state index in [1.165, 1.54) is 6.20 Å². The van der Waals surface area contributed by atoms with E-state index in [4.69, 9.17) is 21.8 Å². The van der Waals surface area contributed by atoms with Crippen molar-refractivity contribution in [3.63, 3.8) is 0 Å². The predicted molar refractivity (Wildman–Crippen MR) is 64.7 cm³/mol. The zero-order valence-electron chi connectivity index (χ0n) is 9.15. The maximum Gasteiger partial charge on any atom is 0.416 e. The van der Waals surface area contributed by atoms with Crippen LogP contribution >= 0.6 is 22.9 Å². The number of rotatable bonds is 2. The van der Waals surface area contributed by atoms with Gasteiger partial charge in [-0.2, -0.15) is 13.2 Å². The number of hydrogen-bond acceptors (Lipinski definition) is 4. The van der Waals surface area contributed by atoms with Crippen LogP contribution in [-0.4, -0.2) is 15.2 Å². The van der Waals surface area contributed by atoms with Crippen LogP contribution in [0.2, 0.25) is 5.02 Å². The molecule has 0 saturated carbocycles. The lowest BCUT2D eigenvalue weighted by atomic mass is 10.1. The molecule has 8 heteroatoms. The number of aliphatic hydroxyl groups is 2. The second kappa shape index (κ2) is 5.09. The van der Waals surface area contributed by atoms with Gasteiger partial charge in [0.2, 0.25) is 0 Å². The van der Waals surface area contributed by atoms with Crippen molar-refractivity contribution in [3.8, 4) is 10.6 Å². The molecular weight excluding hydrogens is 303 g/mol. The first-order valence-electron chi connectivity index (χ1n) is 4.98. The maximum absolute atomic E-state index is 12.6. The average molecular weight is 310 g/mol. The largest absolute Gasteiger partial charge is 0.416 e. The summed E-state index contributed by atoms with van der Waals surface area (Å²) in [5.74, 6) is 0. The normalized spacial score (nSPS) is 12.2. The van der Waals surface area contributed by atoms with E-state index in [9.17, 15) is 13.2 Å². The van der Waals surface area contributed by atoms with Gasteiger partial charge in [-0.1, -0.05) is 11.6 Å². The Morgan fingerprint density at radius 3 is 2.47 bits per heavy atom. The summed E-state index contributed by atoms with van der Waals surface area (Å²) in [6.07, 6.45) is -5.01. The number of thiazole rings is 1. The summed E-state index contributed by atoms with van der Waals surface area (Å²) >= 11 is 6.71. The molecule has 0 spiro atoms. The Balaban J connectivity index is 2.48. The molecule has 102 valence electrons. The molecule has 0 bridgehead atoms. The summed E-state index contributed by atoms with van der Waals surface area (Å²) in [5.41, 5.74) is -0.735. The summed E-state index contributed by atoms with van der Waals surface area (Å²) in [6.45, 7) is 0. The number of benzene rings is 1. The Morgan fingerprint density at radius 1 is 1.26 bits per heavy atom. The summed E-state index contributed by atoms with van der Waals surface area (Å²) < 4.78 is 37.8. The Morgan fingerprint density at radius 2 is 1.95 bits per heavy atom. The van der Waals surface area contributed by atoms with E-state index in [-0.39, 0.29) is 20.5 Å². The van der Waals surface area contributed by atoms with Crippen molar-refractivity contribution < 1.29 is 23.4 Å². The number of halogens is 4. The molecule has 1 aromatic carbocycles. The lowest BCUT2D eigenvalue weighted by Gasteiger charge is -2.08. The lowest BCUT2D eigenvalue weighted by molar-refractivity contribution is -0.137. The van der Waals surface area contributed by atoms with Crippen LogP contribution in [0.5, 0.6) is 0 Å². The van der Waals surface area contributed by atoms with Crippen LogP contribution in [-0.2, 0) is 6.18 Å². The molecular formula is C11H7ClF3NO2S. The highest BCUT2D eigenvalue weighted by atomic mass is 35.5. The van der Waals surface area contributed by atoms with E-state index in [0.717, 1.165) is 29.5 Å². The number of alkyl halides is 3. The summed E-state index contributed by atoms with van der Waals surface area (Å²) in [6, 6.07) is 2.89. The molecule has 0 atom stereocenters. The SMILES string of the molecule is OC(O)c1cnc(-c2cc(C(F)(F)F)ccc2Cl)s1. The van der Waals surface area contributed by atoms with Crippen molar-refractivity contribution >= 4 is 22.9 Å². The second-order valence-electron chi connectivity index (χ2n) is 3.63. The molecule has 3 nitrogen and oxygen atoms in total. The molecule has 0 saturated heterocycles. The van der Waals surface area contributed by atoms with Crippen LogP contribution < -0.4 is 0 Å². The van der Waals surface area contributed by atoms with Crippen LogP contribution in [0.1, 0.15) is 16.7 Å². The zero-order valence-corrected chi connectivity index (χ0v) is 10.7. The van der Waals surface area contributed by atoms with Crippen LogP contribution in [0.3, 0.4) is 0 Å². The Kier molecular flexibility index (Phi) is 3.82. The Hall–Kier alpha value is -1.15. The number of aliphatic hydroxyl groups excluding tert-OH is 1. The fourth-order valence-electron chi connectivity index (χ4n) is 1.40. The van der Waals surface area contributed by atoms with Gasteiger partial charge in [-0.05, 0) is 18.2 Å². The van der Waals surface area contributed by atoms with Crippen molar-refractivity contribution in [3.05, 3.63) is 39.9 Å². The van der Waals surface area contributed by atoms with Gasteiger partial charge in [-0.15, -0.1) is 11.3 Å². The molecule has 2 N–H and O–H groups in total. The number of nitrogens with zero attached hydrogens (tertiary/aromatic N) is 1. The predicted octanol–water partition coefficient (Wildman–Crippen LogP) is 3.47. The highest BCUT2D eigenvalue weighted by Gasteiger charge is 2.31. The monoisotopic (exact) mass is 309 g/mol. The van der Waals surface area contributed by atoms with Gasteiger partial charge in [0, 0.05) is 11.8 Å². The molecule has 19 heavy (non-hydrogen) atoms. The third-order valence-electron chi connectivity index (χ3n) is 2.30. The van der Waals surface area contributed by atoms with Crippen molar-refractivity contribution in [2.24, 2.45) is 0 Å². The van der Waals surface area contributed by atoms with E-state index in [1.54, 1.807) is 0 Å². The van der Waals surface area contributed by atoms with Crippen LogP contribution in [0.4, 0.5) is 13.2 Å². The smallest absolute Gasteiger partial charge is 0.364 e. The third kappa shape index (κ3) is 3.06. The van der Waals surface area contributed by atoms with Gasteiger partial charge in [0.05, 0.1) is 15.5 Å². The summed E-state index contributed by atoms with van der Waals surface area (Å²) in [4.78, 5) is 3.97. The number of aromatic nitrogens is 1. The van der Waals surface area contributed by atoms with E-state index in [2.05, 4.69) is 4.98 Å². The fraction of sp³-hybridized carbons (Fsp3) is 0.182. The van der Waals surface area contributed by atoms with Crippen molar-refractivity contribution in [2.75, 3.05) is 0 Å². The maximum atomic E-state index is 12.6. The first-order chi connectivity index (χ1) is 8.79. The van der Waals surface area contributed by atoms with Gasteiger partial charge in [-0.3, -0.25) is 0 Å². The van der Waals surface area contributed by atoms with Gasteiger partial charge < -0.3 is 10.2 Å². The molecule has 0 unspecified atom stereocenters. The Labute approximate surface area is 114 Å². The molecule has 2 rings (SSSR count). The van der Waals surface area contributed by atoms with Gasteiger partial charge in [-0.25, -0.2) is 4.98 Å².